The first-order valence-electron chi connectivity index (χ1n) is 5.87. The van der Waals surface area contributed by atoms with Crippen LogP contribution in [0.4, 0.5) is 5.69 Å². The molecule has 2 N–H and O–H groups in total. The quantitative estimate of drug-likeness (QED) is 0.628. The summed E-state index contributed by atoms with van der Waals surface area (Å²) in [6.07, 6.45) is 5.54. The summed E-state index contributed by atoms with van der Waals surface area (Å²) in [7, 11) is 0. The van der Waals surface area contributed by atoms with E-state index >= 15 is 0 Å². The molecule has 1 aromatic rings. The topological polar surface area (TPSA) is 26.0 Å². The van der Waals surface area contributed by atoms with Crippen molar-refractivity contribution in [2.45, 2.75) is 42.8 Å². The number of rotatable bonds is 2. The van der Waals surface area contributed by atoms with Crippen LogP contribution in [0.25, 0.3) is 0 Å². The summed E-state index contributed by atoms with van der Waals surface area (Å²) < 4.78 is 1.29. The molecule has 0 bridgehead atoms. The van der Waals surface area contributed by atoms with Crippen molar-refractivity contribution in [2.24, 2.45) is 5.92 Å². The van der Waals surface area contributed by atoms with Gasteiger partial charge in [-0.3, -0.25) is 0 Å². The number of anilines is 1. The largest absolute Gasteiger partial charge is 0.399 e. The molecule has 0 aromatic heterocycles. The molecule has 0 heterocycles. The van der Waals surface area contributed by atoms with Gasteiger partial charge in [-0.05, 0) is 59.5 Å². The molecule has 0 spiro atoms. The van der Waals surface area contributed by atoms with Crippen LogP contribution in [-0.4, -0.2) is 5.25 Å². The van der Waals surface area contributed by atoms with Crippen molar-refractivity contribution in [1.82, 2.24) is 0 Å². The molecule has 1 aromatic carbocycles. The summed E-state index contributed by atoms with van der Waals surface area (Å²) in [4.78, 5) is 1.40. The van der Waals surface area contributed by atoms with Gasteiger partial charge in [0.05, 0.1) is 0 Å². The van der Waals surface area contributed by atoms with Gasteiger partial charge in [0.2, 0.25) is 0 Å². The molecule has 2 atom stereocenters. The fourth-order valence-corrected chi connectivity index (χ4v) is 4.59. The highest BCUT2D eigenvalue weighted by Crippen LogP contribution is 2.38. The number of benzene rings is 1. The fourth-order valence-electron chi connectivity index (χ4n) is 2.28. The number of thioether (sulfide) groups is 1. The van der Waals surface area contributed by atoms with Gasteiger partial charge in [-0.1, -0.05) is 19.8 Å². The van der Waals surface area contributed by atoms with E-state index in [1.807, 2.05) is 17.8 Å². The molecule has 2 rings (SSSR count). The van der Waals surface area contributed by atoms with Crippen molar-refractivity contribution in [1.29, 1.82) is 0 Å². The average molecular weight is 347 g/mol. The predicted octanol–water partition coefficient (Wildman–Crippen LogP) is 4.54. The smallest absolute Gasteiger partial charge is 0.0325 e. The molecule has 0 radical (unpaired) electrons. The van der Waals surface area contributed by atoms with E-state index in [0.717, 1.165) is 16.9 Å². The van der Waals surface area contributed by atoms with E-state index in [0.29, 0.717) is 0 Å². The molecule has 1 aliphatic rings. The number of nitrogens with two attached hydrogens (primary N) is 1. The van der Waals surface area contributed by atoms with Crippen LogP contribution in [0.1, 0.15) is 32.6 Å². The fraction of sp³-hybridized carbons (Fsp3) is 0.538. The highest BCUT2D eigenvalue weighted by atomic mass is 127. The molecule has 1 nitrogen and oxygen atoms in total. The normalized spacial score (nSPS) is 25.6. The Morgan fingerprint density at radius 3 is 2.88 bits per heavy atom. The molecule has 16 heavy (non-hydrogen) atoms. The van der Waals surface area contributed by atoms with E-state index in [4.69, 9.17) is 5.73 Å². The molecule has 1 aliphatic carbocycles. The summed E-state index contributed by atoms with van der Waals surface area (Å²) in [5.41, 5.74) is 6.64. The molecule has 1 fully saturated rings. The maximum absolute atomic E-state index is 5.77. The number of halogens is 1. The van der Waals surface area contributed by atoms with Gasteiger partial charge >= 0.3 is 0 Å². The van der Waals surface area contributed by atoms with Crippen molar-refractivity contribution in [3.8, 4) is 0 Å². The Labute approximate surface area is 116 Å². The SMILES string of the molecule is CC1CCCC(Sc2ccc(N)cc2I)C1. The zero-order valence-electron chi connectivity index (χ0n) is 9.58. The van der Waals surface area contributed by atoms with Crippen molar-refractivity contribution >= 4 is 40.0 Å². The van der Waals surface area contributed by atoms with E-state index in [1.54, 1.807) is 0 Å². The van der Waals surface area contributed by atoms with Crippen LogP contribution in [0.5, 0.6) is 0 Å². The first-order valence-corrected chi connectivity index (χ1v) is 7.82. The Morgan fingerprint density at radius 1 is 1.38 bits per heavy atom. The van der Waals surface area contributed by atoms with Crippen molar-refractivity contribution in [2.75, 3.05) is 5.73 Å². The summed E-state index contributed by atoms with van der Waals surface area (Å²) in [6, 6.07) is 6.24. The molecule has 0 amide bonds. The molecule has 0 saturated heterocycles. The molecular formula is C13H18INS. The van der Waals surface area contributed by atoms with E-state index in [9.17, 15) is 0 Å². The lowest BCUT2D eigenvalue weighted by molar-refractivity contribution is 0.394. The lowest BCUT2D eigenvalue weighted by Gasteiger charge is -2.26. The second-order valence-electron chi connectivity index (χ2n) is 4.70. The number of hydrogen-bond acceptors (Lipinski definition) is 2. The van der Waals surface area contributed by atoms with Crippen LogP contribution in [0, 0.1) is 9.49 Å². The first-order chi connectivity index (χ1) is 7.65. The maximum atomic E-state index is 5.77. The van der Waals surface area contributed by atoms with E-state index in [2.05, 4.69) is 41.6 Å². The molecule has 2 unspecified atom stereocenters. The molecule has 88 valence electrons. The van der Waals surface area contributed by atoms with Crippen LogP contribution in [-0.2, 0) is 0 Å². The van der Waals surface area contributed by atoms with Gasteiger partial charge in [0.1, 0.15) is 0 Å². The van der Waals surface area contributed by atoms with E-state index < -0.39 is 0 Å². The Hall–Kier alpha value is 0.100. The highest BCUT2D eigenvalue weighted by Gasteiger charge is 2.20. The van der Waals surface area contributed by atoms with Crippen LogP contribution in [0.15, 0.2) is 23.1 Å². The summed E-state index contributed by atoms with van der Waals surface area (Å²) >= 11 is 4.43. The summed E-state index contributed by atoms with van der Waals surface area (Å²) in [6.45, 7) is 2.38. The van der Waals surface area contributed by atoms with Crippen molar-refractivity contribution in [3.05, 3.63) is 21.8 Å². The third kappa shape index (κ3) is 3.29. The second kappa shape index (κ2) is 5.63. The van der Waals surface area contributed by atoms with Crippen LogP contribution in [0.2, 0.25) is 0 Å². The molecule has 0 aliphatic heterocycles. The maximum Gasteiger partial charge on any atom is 0.0325 e. The minimum absolute atomic E-state index is 0.806. The van der Waals surface area contributed by atoms with Crippen molar-refractivity contribution < 1.29 is 0 Å². The molecular weight excluding hydrogens is 329 g/mol. The Bertz CT molecular complexity index is 367. The minimum Gasteiger partial charge on any atom is -0.399 e. The first kappa shape index (κ1) is 12.6. The zero-order chi connectivity index (χ0) is 11.5. The van der Waals surface area contributed by atoms with Crippen LogP contribution < -0.4 is 5.73 Å². The predicted molar refractivity (Wildman–Crippen MR) is 80.8 cm³/mol. The third-order valence-corrected chi connectivity index (χ3v) is 5.77. The molecule has 3 heteroatoms. The van der Waals surface area contributed by atoms with Gasteiger partial charge in [0.25, 0.3) is 0 Å². The minimum atomic E-state index is 0.806. The zero-order valence-corrected chi connectivity index (χ0v) is 12.6. The van der Waals surface area contributed by atoms with E-state index in [1.165, 1.54) is 34.1 Å². The van der Waals surface area contributed by atoms with E-state index in [-0.39, 0.29) is 0 Å². The number of nitrogen functional groups attached to an aromatic ring is 1. The van der Waals surface area contributed by atoms with Gasteiger partial charge in [-0.2, -0.15) is 0 Å². The van der Waals surface area contributed by atoms with Crippen LogP contribution >= 0.6 is 34.4 Å². The average Bonchev–Trinajstić information content (AvgIpc) is 2.22. The third-order valence-electron chi connectivity index (χ3n) is 3.14. The van der Waals surface area contributed by atoms with Crippen LogP contribution in [0.3, 0.4) is 0 Å². The summed E-state index contributed by atoms with van der Waals surface area (Å²) in [5, 5.41) is 0.806. The van der Waals surface area contributed by atoms with Gasteiger partial charge < -0.3 is 5.73 Å². The lowest BCUT2D eigenvalue weighted by atomic mass is 9.91. The second-order valence-corrected chi connectivity index (χ2v) is 7.21. The lowest BCUT2D eigenvalue weighted by Crippen LogP contribution is -2.15. The Balaban J connectivity index is 2.02. The van der Waals surface area contributed by atoms with Gasteiger partial charge in [-0.15, -0.1) is 11.8 Å². The Morgan fingerprint density at radius 2 is 2.19 bits per heavy atom. The standard InChI is InChI=1S/C13H18INS/c1-9-3-2-4-11(7-9)16-13-6-5-10(15)8-12(13)14/h5-6,8-9,11H,2-4,7,15H2,1H3. The van der Waals surface area contributed by atoms with Gasteiger partial charge in [0.15, 0.2) is 0 Å². The van der Waals surface area contributed by atoms with Gasteiger partial charge in [-0.25, -0.2) is 0 Å². The molecule has 1 saturated carbocycles. The monoisotopic (exact) mass is 347 g/mol. The number of hydrogen-bond donors (Lipinski definition) is 1. The highest BCUT2D eigenvalue weighted by molar-refractivity contribution is 14.1. The summed E-state index contributed by atoms with van der Waals surface area (Å²) in [5.74, 6) is 0.901. The van der Waals surface area contributed by atoms with Gasteiger partial charge in [0, 0.05) is 19.4 Å². The van der Waals surface area contributed by atoms with Crippen molar-refractivity contribution in [3.63, 3.8) is 0 Å². The Kier molecular flexibility index (Phi) is 4.41.